The predicted octanol–water partition coefficient (Wildman–Crippen LogP) is 5.22. The van der Waals surface area contributed by atoms with Crippen molar-refractivity contribution in [2.24, 2.45) is 0 Å². The molecule has 0 bridgehead atoms. The van der Waals surface area contributed by atoms with Crippen molar-refractivity contribution >= 4 is 8.07 Å². The summed E-state index contributed by atoms with van der Waals surface area (Å²) in [4.78, 5) is 0. The molecular weight excluding hydrogens is 261 g/mol. The molecule has 2 aromatic carbocycles. The molecule has 0 spiro atoms. The molecule has 1 aliphatic heterocycles. The number of rotatable bonds is 5. The highest BCUT2D eigenvalue weighted by Crippen LogP contribution is 2.86. The summed E-state index contributed by atoms with van der Waals surface area (Å²) in [5.41, 5.74) is 4.46. The Morgan fingerprint density at radius 3 is 1.50 bits per heavy atom. The molecule has 20 heavy (non-hydrogen) atoms. The molecule has 0 saturated carbocycles. The van der Waals surface area contributed by atoms with E-state index in [-0.39, 0.29) is 8.07 Å². The zero-order chi connectivity index (χ0) is 13.9. The third-order valence-corrected chi connectivity index (χ3v) is 7.33. The molecule has 0 radical (unpaired) electrons. The van der Waals surface area contributed by atoms with Crippen LogP contribution < -0.4 is 0 Å². The third kappa shape index (κ3) is 2.53. The molecule has 2 aromatic rings. The second kappa shape index (κ2) is 6.08. The van der Waals surface area contributed by atoms with Crippen molar-refractivity contribution in [1.82, 2.24) is 4.67 Å². The summed E-state index contributed by atoms with van der Waals surface area (Å²) in [6.45, 7) is 6.90. The lowest BCUT2D eigenvalue weighted by Gasteiger charge is -2.18. The Kier molecular flexibility index (Phi) is 4.19. The molecule has 1 unspecified atom stereocenters. The van der Waals surface area contributed by atoms with E-state index in [1.165, 1.54) is 11.1 Å². The normalized spacial score (nSPS) is 24.9. The van der Waals surface area contributed by atoms with Crippen LogP contribution in [0.5, 0.6) is 0 Å². The van der Waals surface area contributed by atoms with Crippen LogP contribution in [0.3, 0.4) is 0 Å². The van der Waals surface area contributed by atoms with Crippen molar-refractivity contribution in [3.05, 3.63) is 71.8 Å². The summed E-state index contributed by atoms with van der Waals surface area (Å²) in [5.74, 6) is 0. The van der Waals surface area contributed by atoms with Gasteiger partial charge in [-0.25, -0.2) is 0 Å². The average Bonchev–Trinajstić information content (AvgIpc) is 3.26. The molecular formula is C18H22NP. The molecule has 2 heteroatoms. The van der Waals surface area contributed by atoms with Gasteiger partial charge in [0.05, 0.1) is 0 Å². The van der Waals surface area contributed by atoms with Crippen molar-refractivity contribution in [2.45, 2.75) is 25.2 Å². The highest BCUT2D eigenvalue weighted by atomic mass is 31.1. The Morgan fingerprint density at radius 2 is 1.15 bits per heavy atom. The molecule has 3 rings (SSSR count). The quantitative estimate of drug-likeness (QED) is 0.680. The van der Waals surface area contributed by atoms with Gasteiger partial charge in [0.2, 0.25) is 0 Å². The van der Waals surface area contributed by atoms with Crippen LogP contribution in [0.25, 0.3) is 0 Å². The van der Waals surface area contributed by atoms with Gasteiger partial charge in [-0.05, 0) is 32.3 Å². The number of hydrogen-bond donors (Lipinski definition) is 0. The topological polar surface area (TPSA) is 3.24 Å². The van der Waals surface area contributed by atoms with Crippen LogP contribution in [0.15, 0.2) is 60.7 Å². The predicted molar refractivity (Wildman–Crippen MR) is 88.2 cm³/mol. The smallest absolute Gasteiger partial charge is 0.0300 e. The van der Waals surface area contributed by atoms with Gasteiger partial charge in [0.25, 0.3) is 0 Å². The van der Waals surface area contributed by atoms with E-state index in [9.17, 15) is 0 Å². The minimum atomic E-state index is -0.0602. The summed E-state index contributed by atoms with van der Waals surface area (Å²) in [6.07, 6.45) is 0. The lowest BCUT2D eigenvalue weighted by atomic mass is 10.0. The highest BCUT2D eigenvalue weighted by molar-refractivity contribution is 7.64. The van der Waals surface area contributed by atoms with Gasteiger partial charge in [-0.15, -0.1) is 0 Å². The molecule has 1 nitrogen and oxygen atoms in total. The van der Waals surface area contributed by atoms with Crippen LogP contribution in [0, 0.1) is 0 Å². The molecule has 3 atom stereocenters. The van der Waals surface area contributed by atoms with Crippen molar-refractivity contribution in [1.29, 1.82) is 0 Å². The summed E-state index contributed by atoms with van der Waals surface area (Å²) in [6, 6.07) is 22.1. The molecule has 0 aliphatic carbocycles. The maximum atomic E-state index is 2.67. The van der Waals surface area contributed by atoms with Crippen LogP contribution in [-0.2, 0) is 0 Å². The fraction of sp³-hybridized carbons (Fsp3) is 0.333. The molecule has 1 heterocycles. The number of nitrogens with zero attached hydrogens (tertiary/aromatic N) is 1. The largest absolute Gasteiger partial charge is 0.282 e. The van der Waals surface area contributed by atoms with Gasteiger partial charge in [-0.1, -0.05) is 74.5 Å². The van der Waals surface area contributed by atoms with Gasteiger partial charge in [0.1, 0.15) is 0 Å². The van der Waals surface area contributed by atoms with Crippen LogP contribution >= 0.6 is 8.07 Å². The van der Waals surface area contributed by atoms with Gasteiger partial charge in [-0.3, -0.25) is 4.67 Å². The molecule has 1 fully saturated rings. The van der Waals surface area contributed by atoms with Gasteiger partial charge < -0.3 is 0 Å². The third-order valence-electron chi connectivity index (χ3n) is 4.12. The second-order valence-corrected chi connectivity index (χ2v) is 7.67. The second-order valence-electron chi connectivity index (χ2n) is 5.23. The van der Waals surface area contributed by atoms with Crippen molar-refractivity contribution in [3.63, 3.8) is 0 Å². The van der Waals surface area contributed by atoms with Crippen LogP contribution in [-0.4, -0.2) is 17.8 Å². The lowest BCUT2D eigenvalue weighted by Crippen LogP contribution is -2.12. The first-order valence-electron chi connectivity index (χ1n) is 7.50. The standard InChI is InChI=1S/C18H22NP/c1-3-19(4-2)20-17(15-11-7-5-8-12-15)18(20)16-13-9-6-10-14-16/h5-14,17-18H,3-4H2,1-2H3/t17-,18+,20?. The zero-order valence-electron chi connectivity index (χ0n) is 12.2. The first kappa shape index (κ1) is 13.8. The summed E-state index contributed by atoms with van der Waals surface area (Å²) >= 11 is 0. The molecule has 104 valence electrons. The maximum absolute atomic E-state index is 2.67. The van der Waals surface area contributed by atoms with Crippen LogP contribution in [0.4, 0.5) is 0 Å². The van der Waals surface area contributed by atoms with Crippen LogP contribution in [0.1, 0.15) is 36.3 Å². The summed E-state index contributed by atoms with van der Waals surface area (Å²) in [7, 11) is -0.0602. The highest BCUT2D eigenvalue weighted by Gasteiger charge is 2.53. The average molecular weight is 283 g/mol. The number of benzene rings is 2. The van der Waals surface area contributed by atoms with E-state index in [1.54, 1.807) is 0 Å². The Balaban J connectivity index is 1.91. The lowest BCUT2D eigenvalue weighted by molar-refractivity contribution is 0.513. The van der Waals surface area contributed by atoms with E-state index in [4.69, 9.17) is 0 Å². The summed E-state index contributed by atoms with van der Waals surface area (Å²) < 4.78 is 2.67. The van der Waals surface area contributed by atoms with Gasteiger partial charge in [0.15, 0.2) is 0 Å². The molecule has 0 aromatic heterocycles. The first-order chi connectivity index (χ1) is 9.86. The molecule has 0 amide bonds. The van der Waals surface area contributed by atoms with Gasteiger partial charge in [-0.2, -0.15) is 0 Å². The number of hydrogen-bond acceptors (Lipinski definition) is 1. The Hall–Kier alpha value is -1.17. The first-order valence-corrected chi connectivity index (χ1v) is 8.93. The fourth-order valence-corrected chi connectivity index (χ4v) is 6.37. The van der Waals surface area contributed by atoms with Crippen molar-refractivity contribution < 1.29 is 0 Å². The zero-order valence-corrected chi connectivity index (χ0v) is 13.1. The van der Waals surface area contributed by atoms with E-state index in [0.29, 0.717) is 11.3 Å². The molecule has 1 aliphatic rings. The fourth-order valence-electron chi connectivity index (χ4n) is 3.09. The van der Waals surface area contributed by atoms with Gasteiger partial charge >= 0.3 is 0 Å². The Labute approximate surface area is 123 Å². The Bertz CT molecular complexity index is 490. The minimum absolute atomic E-state index is 0.0602. The molecule has 0 N–H and O–H groups in total. The molecule has 1 saturated heterocycles. The van der Waals surface area contributed by atoms with E-state index >= 15 is 0 Å². The van der Waals surface area contributed by atoms with E-state index in [1.807, 2.05) is 0 Å². The maximum Gasteiger partial charge on any atom is 0.0300 e. The van der Waals surface area contributed by atoms with Gasteiger partial charge in [0, 0.05) is 11.3 Å². The van der Waals surface area contributed by atoms with Crippen LogP contribution in [0.2, 0.25) is 0 Å². The van der Waals surface area contributed by atoms with E-state index < -0.39 is 0 Å². The van der Waals surface area contributed by atoms with E-state index in [2.05, 4.69) is 79.2 Å². The monoisotopic (exact) mass is 283 g/mol. The summed E-state index contributed by atoms with van der Waals surface area (Å²) in [5, 5.41) is 0. The SMILES string of the molecule is CCN(CC)P1[C@H](c2ccccc2)[C@@H]1c1ccccc1. The van der Waals surface area contributed by atoms with Crippen molar-refractivity contribution in [2.75, 3.05) is 13.1 Å². The van der Waals surface area contributed by atoms with Crippen molar-refractivity contribution in [3.8, 4) is 0 Å². The Morgan fingerprint density at radius 1 is 0.750 bits per heavy atom. The van der Waals surface area contributed by atoms with E-state index in [0.717, 1.165) is 13.1 Å². The minimum Gasteiger partial charge on any atom is -0.282 e.